The molecule has 2 heterocycles. The van der Waals surface area contributed by atoms with Crippen LogP contribution in [0.5, 0.6) is 5.75 Å². The summed E-state index contributed by atoms with van der Waals surface area (Å²) >= 11 is 6.09. The smallest absolute Gasteiger partial charge is 0.297 e. The largest absolute Gasteiger partial charge is 0.495 e. The molecule has 0 spiro atoms. The van der Waals surface area contributed by atoms with Crippen molar-refractivity contribution in [2.75, 3.05) is 12.4 Å². The molecule has 0 saturated heterocycles. The molecule has 0 fully saturated rings. The maximum Gasteiger partial charge on any atom is 0.297 e. The number of hydrogen-bond acceptors (Lipinski definition) is 6. The number of nitrogens with zero attached hydrogens (tertiary/aromatic N) is 3. The van der Waals surface area contributed by atoms with Gasteiger partial charge in [0, 0.05) is 5.69 Å². The van der Waals surface area contributed by atoms with E-state index in [4.69, 9.17) is 20.9 Å². The Hall–Kier alpha value is -2.87. The first kappa shape index (κ1) is 18.9. The van der Waals surface area contributed by atoms with Gasteiger partial charge in [-0.25, -0.2) is 4.68 Å². The van der Waals surface area contributed by atoms with Crippen LogP contribution in [0.4, 0.5) is 5.69 Å². The monoisotopic (exact) mass is 390 g/mol. The Morgan fingerprint density at radius 1 is 1.41 bits per heavy atom. The van der Waals surface area contributed by atoms with Crippen LogP contribution in [0.1, 0.15) is 30.8 Å². The highest BCUT2D eigenvalue weighted by Gasteiger charge is 2.25. The molecule has 142 valence electrons. The number of nitrogens with one attached hydrogen (secondary N) is 1. The average Bonchev–Trinajstić information content (AvgIpc) is 3.02. The highest BCUT2D eigenvalue weighted by Crippen LogP contribution is 2.28. The minimum absolute atomic E-state index is 0.166. The Kier molecular flexibility index (Phi) is 5.18. The van der Waals surface area contributed by atoms with Crippen molar-refractivity contribution >= 4 is 34.1 Å². The molecule has 9 heteroatoms. The molecule has 1 amide bonds. The van der Waals surface area contributed by atoms with Gasteiger partial charge < -0.3 is 14.6 Å². The maximum absolute atomic E-state index is 12.8. The van der Waals surface area contributed by atoms with Crippen LogP contribution in [0.3, 0.4) is 0 Å². The Bertz CT molecular complexity index is 1070. The number of benzene rings is 1. The van der Waals surface area contributed by atoms with Gasteiger partial charge in [-0.1, -0.05) is 23.7 Å². The van der Waals surface area contributed by atoms with Crippen molar-refractivity contribution in [3.05, 3.63) is 45.0 Å². The molecule has 0 unspecified atom stereocenters. The normalized spacial score (nSPS) is 12.2. The van der Waals surface area contributed by atoms with E-state index in [9.17, 15) is 9.59 Å². The van der Waals surface area contributed by atoms with Crippen LogP contribution in [0.25, 0.3) is 10.9 Å². The molecule has 8 nitrogen and oxygen atoms in total. The summed E-state index contributed by atoms with van der Waals surface area (Å²) in [6, 6.07) is 4.09. The number of carbonyl (C=O) groups is 1. The molecule has 0 aliphatic heterocycles. The standard InChI is InChI=1S/C18H19ClN4O4/c1-5-13(17(24)20-11-6-7-14(26-4)12(19)8-11)23-18(25)16-15(9(2)21-23)10(3)27-22-16/h6-8,13H,5H2,1-4H3,(H,20,24)/t13-/m1/s1. The summed E-state index contributed by atoms with van der Waals surface area (Å²) in [6.07, 6.45) is 0.365. The van der Waals surface area contributed by atoms with Gasteiger partial charge in [0.1, 0.15) is 17.6 Å². The summed E-state index contributed by atoms with van der Waals surface area (Å²) in [6.45, 7) is 5.26. The lowest BCUT2D eigenvalue weighted by Crippen LogP contribution is -2.35. The molecule has 0 aliphatic rings. The number of hydrogen-bond donors (Lipinski definition) is 1. The van der Waals surface area contributed by atoms with Crippen LogP contribution >= 0.6 is 11.6 Å². The van der Waals surface area contributed by atoms with Gasteiger partial charge in [0.25, 0.3) is 5.56 Å². The van der Waals surface area contributed by atoms with Crippen LogP contribution in [0, 0.1) is 13.8 Å². The molecule has 2 aromatic heterocycles. The third-order valence-electron chi connectivity index (χ3n) is 4.30. The zero-order valence-electron chi connectivity index (χ0n) is 15.4. The summed E-state index contributed by atoms with van der Waals surface area (Å²) in [5.41, 5.74) is 0.760. The van der Waals surface area contributed by atoms with Gasteiger partial charge in [0.15, 0.2) is 5.52 Å². The molecule has 0 aliphatic carbocycles. The summed E-state index contributed by atoms with van der Waals surface area (Å²) in [7, 11) is 1.51. The highest BCUT2D eigenvalue weighted by atomic mass is 35.5. The van der Waals surface area contributed by atoms with Crippen LogP contribution in [0.2, 0.25) is 5.02 Å². The summed E-state index contributed by atoms with van der Waals surface area (Å²) < 4.78 is 11.4. The SMILES string of the molecule is CC[C@H](C(=O)Nc1ccc(OC)c(Cl)c1)n1nc(C)c2c(C)onc2c1=O. The summed E-state index contributed by atoms with van der Waals surface area (Å²) in [4.78, 5) is 25.5. The van der Waals surface area contributed by atoms with Crippen LogP contribution in [-0.4, -0.2) is 28.0 Å². The highest BCUT2D eigenvalue weighted by molar-refractivity contribution is 6.32. The number of carbonyl (C=O) groups excluding carboxylic acids is 1. The lowest BCUT2D eigenvalue weighted by Gasteiger charge is -2.17. The van der Waals surface area contributed by atoms with Crippen molar-refractivity contribution in [3.8, 4) is 5.75 Å². The second-order valence-corrected chi connectivity index (χ2v) is 6.47. The Labute approximate surface area is 160 Å². The quantitative estimate of drug-likeness (QED) is 0.717. The molecule has 0 radical (unpaired) electrons. The fourth-order valence-electron chi connectivity index (χ4n) is 2.96. The van der Waals surface area contributed by atoms with Crippen molar-refractivity contribution in [3.63, 3.8) is 0 Å². The maximum atomic E-state index is 12.8. The molecule has 27 heavy (non-hydrogen) atoms. The molecule has 1 atom stereocenters. The van der Waals surface area contributed by atoms with Gasteiger partial charge in [-0.2, -0.15) is 5.10 Å². The minimum atomic E-state index is -0.807. The first-order valence-electron chi connectivity index (χ1n) is 8.37. The number of anilines is 1. The van der Waals surface area contributed by atoms with Crippen molar-refractivity contribution < 1.29 is 14.1 Å². The van der Waals surface area contributed by atoms with E-state index in [2.05, 4.69) is 15.6 Å². The second kappa shape index (κ2) is 7.40. The molecule has 1 N–H and O–H groups in total. The molecule has 3 aromatic rings. The van der Waals surface area contributed by atoms with Gasteiger partial charge in [-0.3, -0.25) is 9.59 Å². The molecule has 1 aromatic carbocycles. The van der Waals surface area contributed by atoms with E-state index >= 15 is 0 Å². The van der Waals surface area contributed by atoms with E-state index in [1.54, 1.807) is 39.0 Å². The summed E-state index contributed by atoms with van der Waals surface area (Å²) in [5, 5.41) is 11.8. The van der Waals surface area contributed by atoms with Gasteiger partial charge in [0.2, 0.25) is 5.91 Å². The Balaban J connectivity index is 1.96. The number of fused-ring (bicyclic) bond motifs is 1. The number of aryl methyl sites for hydroxylation is 2. The van der Waals surface area contributed by atoms with Crippen molar-refractivity contribution in [2.45, 2.75) is 33.2 Å². The van der Waals surface area contributed by atoms with E-state index < -0.39 is 11.6 Å². The van der Waals surface area contributed by atoms with Crippen molar-refractivity contribution in [1.29, 1.82) is 0 Å². The van der Waals surface area contributed by atoms with Crippen molar-refractivity contribution in [1.82, 2.24) is 14.9 Å². The molecular weight excluding hydrogens is 372 g/mol. The van der Waals surface area contributed by atoms with E-state index in [1.807, 2.05) is 0 Å². The van der Waals surface area contributed by atoms with Crippen LogP contribution < -0.4 is 15.6 Å². The molecule has 0 bridgehead atoms. The summed E-state index contributed by atoms with van der Waals surface area (Å²) in [5.74, 6) is 0.638. The Morgan fingerprint density at radius 2 is 2.15 bits per heavy atom. The number of rotatable bonds is 5. The van der Waals surface area contributed by atoms with E-state index in [0.717, 1.165) is 4.68 Å². The predicted molar refractivity (Wildman–Crippen MR) is 101 cm³/mol. The van der Waals surface area contributed by atoms with Gasteiger partial charge in [-0.05, 0) is 38.5 Å². The first-order valence-corrected chi connectivity index (χ1v) is 8.75. The lowest BCUT2D eigenvalue weighted by atomic mass is 10.2. The number of halogens is 1. The van der Waals surface area contributed by atoms with Crippen molar-refractivity contribution in [2.24, 2.45) is 0 Å². The fourth-order valence-corrected chi connectivity index (χ4v) is 3.22. The number of aromatic nitrogens is 3. The number of methoxy groups -OCH3 is 1. The molecular formula is C18H19ClN4O4. The van der Waals surface area contributed by atoms with E-state index in [1.165, 1.54) is 7.11 Å². The van der Waals surface area contributed by atoms with Crippen LogP contribution in [0.15, 0.2) is 27.5 Å². The van der Waals surface area contributed by atoms with Crippen LogP contribution in [-0.2, 0) is 4.79 Å². The van der Waals surface area contributed by atoms with E-state index in [-0.39, 0.29) is 11.4 Å². The van der Waals surface area contributed by atoms with Gasteiger partial charge in [-0.15, -0.1) is 0 Å². The number of amides is 1. The first-order chi connectivity index (χ1) is 12.9. The third-order valence-corrected chi connectivity index (χ3v) is 4.59. The topological polar surface area (TPSA) is 99.2 Å². The van der Waals surface area contributed by atoms with Gasteiger partial charge in [0.05, 0.1) is 23.2 Å². The minimum Gasteiger partial charge on any atom is -0.495 e. The Morgan fingerprint density at radius 3 is 2.78 bits per heavy atom. The molecule has 0 saturated carbocycles. The third kappa shape index (κ3) is 3.40. The average molecular weight is 391 g/mol. The number of ether oxygens (including phenoxy) is 1. The lowest BCUT2D eigenvalue weighted by molar-refractivity contribution is -0.119. The fraction of sp³-hybridized carbons (Fsp3) is 0.333. The molecule has 3 rings (SSSR count). The predicted octanol–water partition coefficient (Wildman–Crippen LogP) is 3.25. The van der Waals surface area contributed by atoms with E-state index in [0.29, 0.717) is 39.7 Å². The second-order valence-electron chi connectivity index (χ2n) is 6.06. The zero-order chi connectivity index (χ0) is 19.7. The van der Waals surface area contributed by atoms with Gasteiger partial charge >= 0.3 is 0 Å². The zero-order valence-corrected chi connectivity index (χ0v) is 16.1.